The maximum absolute atomic E-state index is 12.3. The van der Waals surface area contributed by atoms with Gasteiger partial charge in [0.1, 0.15) is 0 Å². The Morgan fingerprint density at radius 2 is 1.14 bits per heavy atom. The van der Waals surface area contributed by atoms with Gasteiger partial charge in [-0.05, 0) is 36.5 Å². The van der Waals surface area contributed by atoms with Gasteiger partial charge in [0.25, 0.3) is 11.8 Å². The lowest BCUT2D eigenvalue weighted by atomic mass is 10.1. The van der Waals surface area contributed by atoms with Crippen molar-refractivity contribution in [2.24, 2.45) is 5.73 Å². The molecule has 0 radical (unpaired) electrons. The van der Waals surface area contributed by atoms with Crippen LogP contribution >= 0.6 is 12.2 Å². The molecule has 0 aromatic heterocycles. The van der Waals surface area contributed by atoms with Crippen molar-refractivity contribution in [1.82, 2.24) is 4.90 Å². The Bertz CT molecular complexity index is 605. The van der Waals surface area contributed by atoms with Crippen LogP contribution in [0.3, 0.4) is 0 Å². The lowest BCUT2D eigenvalue weighted by molar-refractivity contribution is 0.0715. The second-order valence-corrected chi connectivity index (χ2v) is 4.43. The van der Waals surface area contributed by atoms with Gasteiger partial charge >= 0.3 is 0 Å². The second-order valence-electron chi connectivity index (χ2n) is 4.02. The van der Waals surface area contributed by atoms with Crippen molar-refractivity contribution in [1.29, 1.82) is 0 Å². The first-order valence-corrected chi connectivity index (χ1v) is 6.80. The number of hydrogen-bond acceptors (Lipinski definition) is 3. The van der Waals surface area contributed by atoms with Gasteiger partial charge in [0, 0.05) is 11.1 Å². The van der Waals surface area contributed by atoms with Crippen LogP contribution in [0.1, 0.15) is 20.7 Å². The third-order valence-electron chi connectivity index (χ3n) is 2.67. The zero-order chi connectivity index (χ0) is 16.5. The van der Waals surface area contributed by atoms with Crippen LogP contribution in [0.5, 0.6) is 0 Å². The highest BCUT2D eigenvalue weighted by Gasteiger charge is 2.26. The van der Waals surface area contributed by atoms with Crippen molar-refractivity contribution in [3.8, 4) is 0 Å². The van der Waals surface area contributed by atoms with E-state index in [9.17, 15) is 9.59 Å². The average Bonchev–Trinajstić information content (AvgIpc) is 2.58. The summed E-state index contributed by atoms with van der Waals surface area (Å²) in [5, 5.41) is -0.271. The third-order valence-corrected chi connectivity index (χ3v) is 2.85. The number of rotatable bonds is 2. The summed E-state index contributed by atoms with van der Waals surface area (Å²) < 4.78 is 0. The molecule has 2 aromatic carbocycles. The molecule has 2 rings (SSSR count). The van der Waals surface area contributed by atoms with Crippen LogP contribution in [0.15, 0.2) is 73.8 Å². The molecule has 22 heavy (non-hydrogen) atoms. The fraction of sp³-hybridized carbons (Fsp3) is 0. The number of carbonyl (C=O) groups excluding carboxylic acids is 2. The van der Waals surface area contributed by atoms with Crippen molar-refractivity contribution in [2.75, 3.05) is 0 Å². The van der Waals surface area contributed by atoms with Crippen LogP contribution in [-0.4, -0.2) is 21.8 Å². The molecule has 0 spiro atoms. The zero-order valence-electron chi connectivity index (χ0n) is 11.9. The van der Waals surface area contributed by atoms with Crippen LogP contribution in [0.25, 0.3) is 0 Å². The highest BCUT2D eigenvalue weighted by molar-refractivity contribution is 7.80. The number of thiocarbonyl (C=S) groups is 1. The molecule has 0 bridgehead atoms. The Balaban J connectivity index is 0.00000116. The van der Waals surface area contributed by atoms with Crippen LogP contribution < -0.4 is 5.73 Å². The van der Waals surface area contributed by atoms with E-state index >= 15 is 0 Å². The van der Waals surface area contributed by atoms with Gasteiger partial charge in [0.2, 0.25) is 0 Å². The molecule has 5 heteroatoms. The summed E-state index contributed by atoms with van der Waals surface area (Å²) in [6.07, 6.45) is 0. The van der Waals surface area contributed by atoms with E-state index in [2.05, 4.69) is 13.2 Å². The van der Waals surface area contributed by atoms with Crippen molar-refractivity contribution < 1.29 is 9.59 Å². The summed E-state index contributed by atoms with van der Waals surface area (Å²) in [6, 6.07) is 16.8. The Hall–Kier alpha value is -2.79. The molecule has 0 unspecified atom stereocenters. The molecule has 0 heterocycles. The van der Waals surface area contributed by atoms with Gasteiger partial charge in [-0.15, -0.1) is 13.2 Å². The maximum atomic E-state index is 12.3. The fourth-order valence-electron chi connectivity index (χ4n) is 1.71. The van der Waals surface area contributed by atoms with E-state index in [1.807, 2.05) is 0 Å². The van der Waals surface area contributed by atoms with Crippen molar-refractivity contribution in [2.45, 2.75) is 0 Å². The quantitative estimate of drug-likeness (QED) is 0.526. The predicted octanol–water partition coefficient (Wildman–Crippen LogP) is 3.02. The molecule has 0 saturated carbocycles. The van der Waals surface area contributed by atoms with Gasteiger partial charge in [-0.3, -0.25) is 9.59 Å². The molecule has 2 aromatic rings. The highest BCUT2D eigenvalue weighted by Crippen LogP contribution is 2.10. The first-order chi connectivity index (χ1) is 10.6. The lowest BCUT2D eigenvalue weighted by Gasteiger charge is -2.18. The van der Waals surface area contributed by atoms with E-state index in [4.69, 9.17) is 18.0 Å². The summed E-state index contributed by atoms with van der Waals surface area (Å²) in [5.74, 6) is -1.07. The molecule has 4 nitrogen and oxygen atoms in total. The maximum Gasteiger partial charge on any atom is 0.267 e. The van der Waals surface area contributed by atoms with Crippen LogP contribution in [0, 0.1) is 0 Å². The minimum atomic E-state index is -0.535. The summed E-state index contributed by atoms with van der Waals surface area (Å²) in [7, 11) is 0. The van der Waals surface area contributed by atoms with E-state index in [1.165, 1.54) is 0 Å². The number of amides is 2. The van der Waals surface area contributed by atoms with Crippen LogP contribution in [-0.2, 0) is 0 Å². The molecule has 0 aliphatic rings. The molecule has 0 aliphatic carbocycles. The minimum absolute atomic E-state index is 0.271. The first-order valence-electron chi connectivity index (χ1n) is 6.39. The number of carbonyl (C=O) groups is 2. The Labute approximate surface area is 134 Å². The standard InChI is InChI=1S/C15H12N2O2S.C2H4/c16-15(20)17(13(18)11-7-3-1-4-8-11)14(19)12-9-5-2-6-10-12;1-2/h1-10H,(H2,16,20);1-2H2. The summed E-state index contributed by atoms with van der Waals surface area (Å²) >= 11 is 4.83. The van der Waals surface area contributed by atoms with E-state index in [0.717, 1.165) is 4.90 Å². The smallest absolute Gasteiger partial charge is 0.267 e. The van der Waals surface area contributed by atoms with Gasteiger partial charge in [-0.25, -0.2) is 4.90 Å². The first kappa shape index (κ1) is 17.3. The van der Waals surface area contributed by atoms with E-state index in [1.54, 1.807) is 60.7 Å². The Morgan fingerprint density at radius 1 is 0.818 bits per heavy atom. The molecule has 0 fully saturated rings. The molecular formula is C17H16N2O2S. The molecule has 112 valence electrons. The monoisotopic (exact) mass is 312 g/mol. The van der Waals surface area contributed by atoms with Crippen molar-refractivity contribution in [3.05, 3.63) is 84.9 Å². The molecule has 0 atom stereocenters. The normalized spacial score (nSPS) is 9.09. The van der Waals surface area contributed by atoms with Gasteiger partial charge in [0.15, 0.2) is 5.11 Å². The van der Waals surface area contributed by atoms with Gasteiger partial charge in [0.05, 0.1) is 0 Å². The third kappa shape index (κ3) is 4.10. The van der Waals surface area contributed by atoms with Crippen LogP contribution in [0.2, 0.25) is 0 Å². The predicted molar refractivity (Wildman–Crippen MR) is 91.4 cm³/mol. The Kier molecular flexibility index (Phi) is 6.66. The topological polar surface area (TPSA) is 63.4 Å². The molecule has 0 saturated heterocycles. The fourth-order valence-corrected chi connectivity index (χ4v) is 1.88. The molecular weight excluding hydrogens is 296 g/mol. The number of imide groups is 1. The number of nitrogens with zero attached hydrogens (tertiary/aromatic N) is 1. The number of hydrogen-bond donors (Lipinski definition) is 1. The van der Waals surface area contributed by atoms with Gasteiger partial charge in [-0.2, -0.15) is 0 Å². The number of nitrogens with two attached hydrogens (primary N) is 1. The molecule has 2 N–H and O–H groups in total. The van der Waals surface area contributed by atoms with E-state index < -0.39 is 11.8 Å². The second kappa shape index (κ2) is 8.49. The molecule has 0 aliphatic heterocycles. The highest BCUT2D eigenvalue weighted by atomic mass is 32.1. The van der Waals surface area contributed by atoms with Gasteiger partial charge in [-0.1, -0.05) is 36.4 Å². The largest absolute Gasteiger partial charge is 0.375 e. The zero-order valence-corrected chi connectivity index (χ0v) is 12.8. The minimum Gasteiger partial charge on any atom is -0.375 e. The SMILES string of the molecule is C=C.NC(=S)N(C(=O)c1ccccc1)C(=O)c1ccccc1. The van der Waals surface area contributed by atoms with Crippen LogP contribution in [0.4, 0.5) is 0 Å². The summed E-state index contributed by atoms with van der Waals surface area (Å²) in [4.78, 5) is 25.5. The Morgan fingerprint density at radius 3 is 1.41 bits per heavy atom. The number of benzene rings is 2. The summed E-state index contributed by atoms with van der Waals surface area (Å²) in [5.41, 5.74) is 6.23. The van der Waals surface area contributed by atoms with Crippen molar-refractivity contribution in [3.63, 3.8) is 0 Å². The average molecular weight is 312 g/mol. The molecule has 2 amide bonds. The summed E-state index contributed by atoms with van der Waals surface area (Å²) in [6.45, 7) is 6.00. The van der Waals surface area contributed by atoms with Gasteiger partial charge < -0.3 is 5.73 Å². The lowest BCUT2D eigenvalue weighted by Crippen LogP contribution is -2.44. The van der Waals surface area contributed by atoms with E-state index in [-0.39, 0.29) is 5.11 Å². The van der Waals surface area contributed by atoms with Crippen molar-refractivity contribution >= 4 is 29.1 Å². The van der Waals surface area contributed by atoms with E-state index in [0.29, 0.717) is 11.1 Å².